The van der Waals surface area contributed by atoms with Crippen molar-refractivity contribution in [2.45, 2.75) is 216 Å². The average molecular weight is 1100 g/mol. The van der Waals surface area contributed by atoms with Gasteiger partial charge in [0.2, 0.25) is 0 Å². The number of ether oxygens (including phenoxy) is 14. The Morgan fingerprint density at radius 3 is 0.613 bits per heavy atom. The van der Waals surface area contributed by atoms with Crippen LogP contribution in [0.25, 0.3) is 0 Å². The first kappa shape index (κ1) is 59.8. The maximum Gasteiger partial charge on any atom is 0.187 e. The van der Waals surface area contributed by atoms with E-state index < -0.39 is 262 Å². The van der Waals surface area contributed by atoms with Crippen LogP contribution in [0.2, 0.25) is 0 Å². The van der Waals surface area contributed by atoms with Crippen LogP contribution in [0, 0.1) is 0 Å². The van der Waals surface area contributed by atoms with Crippen LogP contribution in [0.5, 0.6) is 0 Å². The second-order valence-electron chi connectivity index (χ2n) is 19.4. The highest BCUT2D eigenvalue weighted by Gasteiger charge is 2.58. The van der Waals surface area contributed by atoms with Crippen molar-refractivity contribution in [1.82, 2.24) is 0 Å². The van der Waals surface area contributed by atoms with E-state index in [9.17, 15) is 97.0 Å². The van der Waals surface area contributed by atoms with Crippen LogP contribution in [-0.2, 0) is 66.3 Å². The summed E-state index contributed by atoms with van der Waals surface area (Å²) in [5, 5.41) is 208. The summed E-state index contributed by atoms with van der Waals surface area (Å²) in [6.07, 6.45) is -61.0. The van der Waals surface area contributed by atoms with Gasteiger partial charge < -0.3 is 163 Å². The minimum atomic E-state index is -2.14. The Morgan fingerprint density at radius 2 is 0.400 bits per heavy atom. The van der Waals surface area contributed by atoms with Crippen molar-refractivity contribution in [1.29, 1.82) is 0 Å². The zero-order valence-electron chi connectivity index (χ0n) is 39.6. The van der Waals surface area contributed by atoms with Gasteiger partial charge in [-0.25, -0.2) is 0 Å². The fraction of sp³-hybridized carbons (Fsp3) is 1.00. The molecule has 21 saturated heterocycles. The van der Waals surface area contributed by atoms with E-state index in [1.165, 1.54) is 0 Å². The van der Waals surface area contributed by atoms with Crippen LogP contribution in [0.3, 0.4) is 0 Å². The summed E-state index contributed by atoms with van der Waals surface area (Å²) in [7, 11) is 0. The largest absolute Gasteiger partial charge is 0.394 e. The smallest absolute Gasteiger partial charge is 0.187 e. The van der Waals surface area contributed by atoms with Gasteiger partial charge in [0, 0.05) is 12.8 Å². The van der Waals surface area contributed by atoms with Crippen molar-refractivity contribution in [2.75, 3.05) is 46.2 Å². The van der Waals surface area contributed by atoms with Crippen molar-refractivity contribution in [3.05, 3.63) is 0 Å². The molecule has 33 unspecified atom stereocenters. The second-order valence-corrected chi connectivity index (χ2v) is 19.4. The van der Waals surface area contributed by atoms with E-state index in [-0.39, 0.29) is 0 Å². The maximum absolute atomic E-state index is 11.3. The molecule has 21 heterocycles. The van der Waals surface area contributed by atoms with Gasteiger partial charge in [-0.05, 0) is 0 Å². The van der Waals surface area contributed by atoms with Crippen LogP contribution >= 0.6 is 0 Å². The zero-order chi connectivity index (χ0) is 54.3. The third kappa shape index (κ3) is 12.2. The van der Waals surface area contributed by atoms with Crippen LogP contribution in [0.1, 0.15) is 12.8 Å². The maximum atomic E-state index is 11.3. The first-order valence-electron chi connectivity index (χ1n) is 24.4. The molecule has 0 radical (unpaired) electrons. The van der Waals surface area contributed by atoms with E-state index in [1.807, 2.05) is 0 Å². The normalized spacial score (nSPS) is 54.5. The predicted molar refractivity (Wildman–Crippen MR) is 226 cm³/mol. The first-order valence-corrected chi connectivity index (χ1v) is 24.4. The van der Waals surface area contributed by atoms with Crippen molar-refractivity contribution in [3.63, 3.8) is 0 Å². The van der Waals surface area contributed by atoms with Gasteiger partial charge in [-0.1, -0.05) is 0 Å². The summed E-state index contributed by atoms with van der Waals surface area (Å²) in [6, 6.07) is 0. The van der Waals surface area contributed by atoms with Gasteiger partial charge in [0.05, 0.1) is 58.5 Å². The Labute approximate surface area is 424 Å². The summed E-state index contributed by atoms with van der Waals surface area (Å²) in [5.41, 5.74) is 0. The zero-order valence-corrected chi connectivity index (χ0v) is 39.6. The lowest BCUT2D eigenvalue weighted by molar-refractivity contribution is -0.391. The third-order valence-electron chi connectivity index (χ3n) is 14.6. The van der Waals surface area contributed by atoms with E-state index in [4.69, 9.17) is 66.3 Å². The predicted octanol–water partition coefficient (Wildman–Crippen LogP) is -13.2. The SMILES string of the molecule is OCC1OC2OC3C(CO)OC(OC4C(CO)OC(OC5CC(O)C(OC5CO)OC5C(CO)OC(OC6C(CO)OC(OC7C(CO)OC(OC1CC2O)C(O)C7O)C(O)C6O)C(O)C5O)C(O)C4O)C(O)C3O. The van der Waals surface area contributed by atoms with Gasteiger partial charge in [0.25, 0.3) is 0 Å². The van der Waals surface area contributed by atoms with Gasteiger partial charge in [-0.15, -0.1) is 0 Å². The highest BCUT2D eigenvalue weighted by molar-refractivity contribution is 5.00. The molecule has 0 aromatic rings. The fourth-order valence-corrected chi connectivity index (χ4v) is 10.3. The molecule has 436 valence electrons. The van der Waals surface area contributed by atoms with E-state index in [2.05, 4.69) is 0 Å². The van der Waals surface area contributed by atoms with Crippen LogP contribution in [-0.4, -0.2) is 346 Å². The summed E-state index contributed by atoms with van der Waals surface area (Å²) in [5.74, 6) is 0. The quantitative estimate of drug-likeness (QED) is 0.113. The molecular weight excluding hydrogens is 1030 g/mol. The first-order chi connectivity index (χ1) is 35.8. The number of aliphatic hydroxyl groups excluding tert-OH is 19. The topological polar surface area (TPSA) is 514 Å². The summed E-state index contributed by atoms with van der Waals surface area (Å²) in [4.78, 5) is 0. The lowest BCUT2D eigenvalue weighted by atomic mass is 9.95. The third-order valence-corrected chi connectivity index (χ3v) is 14.6. The van der Waals surface area contributed by atoms with Gasteiger partial charge in [-0.3, -0.25) is 0 Å². The van der Waals surface area contributed by atoms with Crippen LogP contribution in [0.4, 0.5) is 0 Å². The van der Waals surface area contributed by atoms with E-state index in [0.717, 1.165) is 0 Å². The highest BCUT2D eigenvalue weighted by Crippen LogP contribution is 2.38. The van der Waals surface area contributed by atoms with Crippen molar-refractivity contribution in [3.8, 4) is 0 Å². The minimum absolute atomic E-state index is 0.489. The molecule has 0 aliphatic carbocycles. The molecule has 0 saturated carbocycles. The van der Waals surface area contributed by atoms with Gasteiger partial charge in [0.15, 0.2) is 44.0 Å². The number of hydrogen-bond acceptors (Lipinski definition) is 33. The molecule has 19 N–H and O–H groups in total. The Hall–Kier alpha value is -1.32. The highest BCUT2D eigenvalue weighted by atomic mass is 16.8. The molecule has 21 aliphatic heterocycles. The van der Waals surface area contributed by atoms with Crippen molar-refractivity contribution < 1.29 is 163 Å². The average Bonchev–Trinajstić information content (AvgIpc) is 3.40. The molecule has 14 bridgehead atoms. The molecule has 33 nitrogen and oxygen atoms in total. The molecule has 0 amide bonds. The summed E-state index contributed by atoms with van der Waals surface area (Å²) < 4.78 is 80.5. The number of aliphatic hydroxyl groups is 19. The van der Waals surface area contributed by atoms with Gasteiger partial charge >= 0.3 is 0 Å². The van der Waals surface area contributed by atoms with Crippen molar-refractivity contribution >= 4 is 0 Å². The minimum Gasteiger partial charge on any atom is -0.394 e. The summed E-state index contributed by atoms with van der Waals surface area (Å²) >= 11 is 0. The molecule has 21 fully saturated rings. The summed E-state index contributed by atoms with van der Waals surface area (Å²) in [6.45, 7) is -6.57. The molecule has 0 spiro atoms. The van der Waals surface area contributed by atoms with Crippen molar-refractivity contribution in [2.24, 2.45) is 0 Å². The molecule has 0 aromatic heterocycles. The van der Waals surface area contributed by atoms with Gasteiger partial charge in [-0.2, -0.15) is 0 Å². The lowest BCUT2D eigenvalue weighted by Crippen LogP contribution is -2.67. The van der Waals surface area contributed by atoms with E-state index >= 15 is 0 Å². The standard InChI is InChI=1S/C42H70O33/c43-3-14-12-2-11(51)37(65-14)72-32-17(6-46)69-41(29(60)24(32)55)75-35-20(9-49)70-42(30(61)25(35)56)74-34-19(8-48)67-39(27(58)22(34)53)63-13-1-10(50)36(64-15(13)4-44)71-31-16(5-45)68-40(28(59)23(31)54)73-33-18(7-47)66-38(62-12)26(57)21(33)52/h10-61H,1-9H2. The number of rotatable bonds is 7. The number of hydrogen-bond donors (Lipinski definition) is 19. The molecule has 0 aromatic carbocycles. The Balaban J connectivity index is 1.06. The van der Waals surface area contributed by atoms with Crippen LogP contribution < -0.4 is 0 Å². The molecule has 21 rings (SSSR count). The van der Waals surface area contributed by atoms with Crippen LogP contribution in [0.15, 0.2) is 0 Å². The van der Waals surface area contributed by atoms with E-state index in [0.29, 0.717) is 0 Å². The Bertz CT molecular complexity index is 1750. The molecule has 75 heavy (non-hydrogen) atoms. The lowest BCUT2D eigenvalue weighted by Gasteiger charge is -2.49. The van der Waals surface area contributed by atoms with Gasteiger partial charge in [0.1, 0.15) is 146 Å². The second kappa shape index (κ2) is 25.6. The molecule has 21 aliphatic rings. The Kier molecular flexibility index (Phi) is 20.4. The van der Waals surface area contributed by atoms with E-state index in [1.54, 1.807) is 0 Å². The molecular formula is C42H70O33. The fourth-order valence-electron chi connectivity index (χ4n) is 10.3. The monoisotopic (exact) mass is 1100 g/mol. The molecule has 33 atom stereocenters. The molecule has 33 heteroatoms. The Morgan fingerprint density at radius 1 is 0.213 bits per heavy atom.